The SMILES string of the molecule is Cc1c(Br)ccc(NC(=O)COC(=O)CN2C(=O)[C@H]3C4c5ccccc5C(c5ccccc54)[C@@H]3C2=O)c1C. The number of nitrogens with zero attached hydrogens (tertiary/aromatic N) is 1. The lowest BCUT2D eigenvalue weighted by Gasteiger charge is -2.45. The van der Waals surface area contributed by atoms with E-state index in [1.165, 1.54) is 0 Å². The molecule has 3 amide bonds. The van der Waals surface area contributed by atoms with Crippen molar-refractivity contribution in [2.45, 2.75) is 25.7 Å². The van der Waals surface area contributed by atoms with Gasteiger partial charge in [0.15, 0.2) is 6.61 Å². The van der Waals surface area contributed by atoms with Crippen molar-refractivity contribution < 1.29 is 23.9 Å². The van der Waals surface area contributed by atoms with Crippen molar-refractivity contribution in [3.8, 4) is 0 Å². The molecule has 8 heteroatoms. The molecule has 0 saturated carbocycles. The van der Waals surface area contributed by atoms with Crippen LogP contribution in [0.2, 0.25) is 0 Å². The first-order valence-corrected chi connectivity index (χ1v) is 13.3. The summed E-state index contributed by atoms with van der Waals surface area (Å²) in [6.45, 7) is 2.79. The van der Waals surface area contributed by atoms with Crippen molar-refractivity contribution in [3.63, 3.8) is 0 Å². The Labute approximate surface area is 228 Å². The van der Waals surface area contributed by atoms with E-state index < -0.39 is 36.9 Å². The molecule has 7 nitrogen and oxygen atoms in total. The monoisotopic (exact) mass is 572 g/mol. The molecule has 4 aliphatic rings. The van der Waals surface area contributed by atoms with Crippen LogP contribution in [-0.2, 0) is 23.9 Å². The van der Waals surface area contributed by atoms with E-state index in [9.17, 15) is 19.2 Å². The summed E-state index contributed by atoms with van der Waals surface area (Å²) in [4.78, 5) is 53.3. The molecular weight excluding hydrogens is 548 g/mol. The predicted molar refractivity (Wildman–Crippen MR) is 143 cm³/mol. The molecule has 3 aromatic rings. The van der Waals surface area contributed by atoms with Crippen LogP contribution in [0.1, 0.15) is 45.2 Å². The normalized spacial score (nSPS) is 22.6. The van der Waals surface area contributed by atoms with Crippen LogP contribution in [0.4, 0.5) is 5.69 Å². The number of likely N-dealkylation sites (tertiary alicyclic amines) is 1. The highest BCUT2D eigenvalue weighted by atomic mass is 79.9. The van der Waals surface area contributed by atoms with Gasteiger partial charge in [-0.15, -0.1) is 0 Å². The summed E-state index contributed by atoms with van der Waals surface area (Å²) < 4.78 is 6.10. The smallest absolute Gasteiger partial charge is 0.326 e. The maximum Gasteiger partial charge on any atom is 0.326 e. The quantitative estimate of drug-likeness (QED) is 0.360. The van der Waals surface area contributed by atoms with Gasteiger partial charge in [0.25, 0.3) is 5.91 Å². The van der Waals surface area contributed by atoms with Crippen molar-refractivity contribution in [3.05, 3.63) is 98.5 Å². The molecule has 3 aromatic carbocycles. The first-order valence-electron chi connectivity index (χ1n) is 12.5. The molecule has 2 bridgehead atoms. The molecule has 1 aliphatic heterocycles. The van der Waals surface area contributed by atoms with Gasteiger partial charge in [0, 0.05) is 22.0 Å². The van der Waals surface area contributed by atoms with Gasteiger partial charge in [-0.1, -0.05) is 64.5 Å². The lowest BCUT2D eigenvalue weighted by atomic mass is 9.55. The average Bonchev–Trinajstić information content (AvgIpc) is 3.17. The van der Waals surface area contributed by atoms with E-state index in [1.807, 2.05) is 68.4 Å². The van der Waals surface area contributed by atoms with Crippen molar-refractivity contribution in [1.29, 1.82) is 0 Å². The summed E-state index contributed by atoms with van der Waals surface area (Å²) in [6.07, 6.45) is 0. The zero-order valence-corrected chi connectivity index (χ0v) is 22.4. The molecule has 1 heterocycles. The molecule has 7 rings (SSSR count). The second-order valence-corrected chi connectivity index (χ2v) is 10.9. The standard InChI is InChI=1S/C30H25BrN2O5/c1-15-16(2)22(12-11-21(15)31)32-23(34)14-38-24(35)13-33-29(36)27-25-17-7-3-4-8-18(17)26(28(27)30(33)37)20-10-6-5-9-19(20)25/h3-12,25-28H,13-14H2,1-2H3,(H,32,34)/t25?,26?,27-,28-/m0/s1. The van der Waals surface area contributed by atoms with Gasteiger partial charge in [0.1, 0.15) is 6.54 Å². The number of rotatable bonds is 5. The van der Waals surface area contributed by atoms with Crippen molar-refractivity contribution in [2.75, 3.05) is 18.5 Å². The molecule has 38 heavy (non-hydrogen) atoms. The number of anilines is 1. The Morgan fingerprint density at radius 1 is 0.816 bits per heavy atom. The number of amides is 3. The van der Waals surface area contributed by atoms with Crippen LogP contribution in [0.3, 0.4) is 0 Å². The van der Waals surface area contributed by atoms with Crippen LogP contribution >= 0.6 is 15.9 Å². The van der Waals surface area contributed by atoms with Crippen molar-refractivity contribution >= 4 is 45.3 Å². The molecule has 1 fully saturated rings. The maximum absolute atomic E-state index is 13.6. The van der Waals surface area contributed by atoms with Gasteiger partial charge in [-0.05, 0) is 59.4 Å². The van der Waals surface area contributed by atoms with Gasteiger partial charge in [0.05, 0.1) is 11.8 Å². The zero-order chi connectivity index (χ0) is 26.7. The third-order valence-electron chi connectivity index (χ3n) is 8.19. The molecule has 2 atom stereocenters. The van der Waals surface area contributed by atoms with E-state index in [1.54, 1.807) is 6.07 Å². The lowest BCUT2D eigenvalue weighted by molar-refractivity contribution is -0.154. The molecule has 0 spiro atoms. The van der Waals surface area contributed by atoms with Crippen LogP contribution in [0.5, 0.6) is 0 Å². The van der Waals surface area contributed by atoms with E-state index >= 15 is 0 Å². The highest BCUT2D eigenvalue weighted by Crippen LogP contribution is 2.60. The summed E-state index contributed by atoms with van der Waals surface area (Å²) >= 11 is 3.46. The number of nitrogens with one attached hydrogen (secondary N) is 1. The van der Waals surface area contributed by atoms with Crippen molar-refractivity contribution in [2.24, 2.45) is 11.8 Å². The number of benzene rings is 3. The maximum atomic E-state index is 13.6. The largest absolute Gasteiger partial charge is 0.454 e. The lowest BCUT2D eigenvalue weighted by Crippen LogP contribution is -2.41. The second kappa shape index (κ2) is 9.20. The van der Waals surface area contributed by atoms with Crippen LogP contribution in [0.15, 0.2) is 65.1 Å². The Morgan fingerprint density at radius 3 is 1.82 bits per heavy atom. The topological polar surface area (TPSA) is 92.8 Å². The number of carbonyl (C=O) groups excluding carboxylic acids is 4. The summed E-state index contributed by atoms with van der Waals surface area (Å²) in [5.74, 6) is -3.61. The first-order chi connectivity index (χ1) is 18.3. The fourth-order valence-electron chi connectivity index (χ4n) is 6.33. The number of imide groups is 1. The number of esters is 1. The zero-order valence-electron chi connectivity index (χ0n) is 20.9. The molecule has 3 aliphatic carbocycles. The third kappa shape index (κ3) is 3.69. The fourth-order valence-corrected chi connectivity index (χ4v) is 6.75. The minimum Gasteiger partial charge on any atom is -0.454 e. The predicted octanol–water partition coefficient (Wildman–Crippen LogP) is 4.44. The summed E-state index contributed by atoms with van der Waals surface area (Å²) in [5, 5.41) is 2.74. The number of halogens is 1. The number of hydrogen-bond donors (Lipinski definition) is 1. The van der Waals surface area contributed by atoms with Crippen LogP contribution in [0.25, 0.3) is 0 Å². The molecular formula is C30H25BrN2O5. The summed E-state index contributed by atoms with van der Waals surface area (Å²) in [6, 6.07) is 19.5. The van der Waals surface area contributed by atoms with Gasteiger partial charge >= 0.3 is 5.97 Å². The Balaban J connectivity index is 1.17. The number of carbonyl (C=O) groups is 4. The van der Waals surface area contributed by atoms with E-state index in [2.05, 4.69) is 21.2 Å². The molecule has 1 saturated heterocycles. The molecule has 0 unspecified atom stereocenters. The van der Waals surface area contributed by atoms with E-state index in [0.717, 1.165) is 42.8 Å². The van der Waals surface area contributed by atoms with E-state index in [0.29, 0.717) is 5.69 Å². The third-order valence-corrected chi connectivity index (χ3v) is 9.05. The first kappa shape index (κ1) is 24.6. The average molecular weight is 573 g/mol. The van der Waals surface area contributed by atoms with E-state index in [-0.39, 0.29) is 23.7 Å². The molecule has 0 radical (unpaired) electrons. The summed E-state index contributed by atoms with van der Waals surface area (Å²) in [7, 11) is 0. The van der Waals surface area contributed by atoms with E-state index in [4.69, 9.17) is 4.74 Å². The number of ether oxygens (including phenoxy) is 1. The Morgan fingerprint density at radius 2 is 1.32 bits per heavy atom. The highest BCUT2D eigenvalue weighted by Gasteiger charge is 2.61. The van der Waals surface area contributed by atoms with Gasteiger partial charge in [0.2, 0.25) is 11.8 Å². The molecule has 0 aromatic heterocycles. The Kier molecular flexibility index (Phi) is 5.94. The minimum absolute atomic E-state index is 0.238. The Hall–Kier alpha value is -3.78. The van der Waals surface area contributed by atoms with Gasteiger partial charge < -0.3 is 10.1 Å². The molecule has 192 valence electrons. The van der Waals surface area contributed by atoms with Gasteiger partial charge in [-0.2, -0.15) is 0 Å². The second-order valence-electron chi connectivity index (χ2n) is 10.1. The summed E-state index contributed by atoms with van der Waals surface area (Å²) in [5.41, 5.74) is 6.78. The van der Waals surface area contributed by atoms with Crippen LogP contribution < -0.4 is 5.32 Å². The highest BCUT2D eigenvalue weighted by molar-refractivity contribution is 9.10. The number of hydrogen-bond acceptors (Lipinski definition) is 5. The molecule has 1 N–H and O–H groups in total. The minimum atomic E-state index is -0.799. The van der Waals surface area contributed by atoms with Gasteiger partial charge in [-0.25, -0.2) is 0 Å². The van der Waals surface area contributed by atoms with Crippen LogP contribution in [-0.4, -0.2) is 41.7 Å². The Bertz CT molecular complexity index is 1420. The fraction of sp³-hybridized carbons (Fsp3) is 0.267. The van der Waals surface area contributed by atoms with Crippen molar-refractivity contribution in [1.82, 2.24) is 4.90 Å². The van der Waals surface area contributed by atoms with Gasteiger partial charge in [-0.3, -0.25) is 24.1 Å². The van der Waals surface area contributed by atoms with Crippen LogP contribution in [0, 0.1) is 25.7 Å².